The third-order valence-electron chi connectivity index (χ3n) is 4.33. The summed E-state index contributed by atoms with van der Waals surface area (Å²) in [5, 5.41) is 3.93. The van der Waals surface area contributed by atoms with Gasteiger partial charge in [-0.05, 0) is 24.3 Å². The number of amides is 1. The predicted octanol–water partition coefficient (Wildman–Crippen LogP) is 3.90. The van der Waals surface area contributed by atoms with E-state index in [2.05, 4.69) is 15.3 Å². The van der Waals surface area contributed by atoms with Crippen molar-refractivity contribution in [3.63, 3.8) is 0 Å². The lowest BCUT2D eigenvalue weighted by molar-refractivity contribution is 0.102. The predicted molar refractivity (Wildman–Crippen MR) is 110 cm³/mol. The highest BCUT2D eigenvalue weighted by molar-refractivity contribution is 6.33. The number of para-hydroxylation sites is 1. The van der Waals surface area contributed by atoms with Crippen molar-refractivity contribution in [1.29, 1.82) is 0 Å². The number of nitrogens with zero attached hydrogens (tertiary/aromatic N) is 3. The van der Waals surface area contributed by atoms with Crippen LogP contribution < -0.4 is 11.0 Å². The molecule has 28 heavy (non-hydrogen) atoms. The monoisotopic (exact) mass is 390 g/mol. The Bertz CT molecular complexity index is 1270. The van der Waals surface area contributed by atoms with Gasteiger partial charge in [0.05, 0.1) is 16.8 Å². The van der Waals surface area contributed by atoms with Crippen LogP contribution in [0.2, 0.25) is 5.02 Å². The summed E-state index contributed by atoms with van der Waals surface area (Å²) in [4.78, 5) is 33.2. The van der Waals surface area contributed by atoms with Crippen molar-refractivity contribution in [2.45, 2.75) is 0 Å². The number of halogens is 1. The molecule has 6 nitrogen and oxygen atoms in total. The van der Waals surface area contributed by atoms with Gasteiger partial charge in [0.1, 0.15) is 5.82 Å². The van der Waals surface area contributed by atoms with Crippen LogP contribution in [0.25, 0.3) is 22.2 Å². The minimum Gasteiger partial charge on any atom is -0.306 e. The first kappa shape index (κ1) is 17.9. The van der Waals surface area contributed by atoms with E-state index >= 15 is 0 Å². The lowest BCUT2D eigenvalue weighted by atomic mass is 10.0. The minimum absolute atomic E-state index is 0.188. The average molecular weight is 391 g/mol. The van der Waals surface area contributed by atoms with Crippen LogP contribution in [0.1, 0.15) is 10.4 Å². The lowest BCUT2D eigenvalue weighted by Crippen LogP contribution is -2.22. The van der Waals surface area contributed by atoms with Gasteiger partial charge in [-0.3, -0.25) is 4.79 Å². The second-order valence-electron chi connectivity index (χ2n) is 6.21. The summed E-state index contributed by atoms with van der Waals surface area (Å²) >= 11 is 6.32. The van der Waals surface area contributed by atoms with Crippen molar-refractivity contribution >= 4 is 34.2 Å². The third kappa shape index (κ3) is 3.37. The summed E-state index contributed by atoms with van der Waals surface area (Å²) in [6.07, 6.45) is 1.55. The number of rotatable bonds is 3. The number of anilines is 1. The van der Waals surface area contributed by atoms with Crippen LogP contribution in [-0.2, 0) is 7.05 Å². The van der Waals surface area contributed by atoms with E-state index in [1.54, 1.807) is 31.4 Å². The fraction of sp³-hybridized carbons (Fsp3) is 0.0476. The number of pyridine rings is 1. The van der Waals surface area contributed by atoms with E-state index in [4.69, 9.17) is 11.6 Å². The van der Waals surface area contributed by atoms with E-state index in [1.165, 1.54) is 4.57 Å². The van der Waals surface area contributed by atoms with E-state index < -0.39 is 5.69 Å². The van der Waals surface area contributed by atoms with Gasteiger partial charge in [-0.1, -0.05) is 48.0 Å². The first-order valence-corrected chi connectivity index (χ1v) is 8.90. The fourth-order valence-corrected chi connectivity index (χ4v) is 3.12. The van der Waals surface area contributed by atoms with Crippen LogP contribution in [0, 0.1) is 0 Å². The molecule has 0 aliphatic heterocycles. The quantitative estimate of drug-likeness (QED) is 0.575. The molecule has 4 rings (SSSR count). The molecule has 0 aliphatic rings. The Morgan fingerprint density at radius 1 is 1.04 bits per heavy atom. The molecule has 2 aromatic carbocycles. The molecular weight excluding hydrogens is 376 g/mol. The Morgan fingerprint density at radius 2 is 1.79 bits per heavy atom. The Labute approximate surface area is 165 Å². The number of carbonyl (C=O) groups is 1. The molecule has 0 saturated carbocycles. The number of aryl methyl sites for hydroxylation is 1. The summed E-state index contributed by atoms with van der Waals surface area (Å²) in [7, 11) is 1.59. The average Bonchev–Trinajstić information content (AvgIpc) is 2.70. The van der Waals surface area contributed by atoms with E-state index in [1.807, 2.05) is 42.5 Å². The van der Waals surface area contributed by atoms with Crippen LogP contribution in [0.3, 0.4) is 0 Å². The minimum atomic E-state index is -0.450. The maximum atomic E-state index is 13.0. The first-order chi connectivity index (χ1) is 13.5. The van der Waals surface area contributed by atoms with Gasteiger partial charge in [0.2, 0.25) is 0 Å². The SMILES string of the molecule is Cn1ccc(NC(=O)c2cc(-c3ccccc3Cl)nc3ccccc23)nc1=O. The molecule has 4 aromatic rings. The molecule has 2 heterocycles. The second-order valence-corrected chi connectivity index (χ2v) is 6.62. The number of hydrogen-bond donors (Lipinski definition) is 1. The van der Waals surface area contributed by atoms with Gasteiger partial charge in [-0.2, -0.15) is 4.98 Å². The van der Waals surface area contributed by atoms with Gasteiger partial charge in [0, 0.05) is 29.2 Å². The number of hydrogen-bond acceptors (Lipinski definition) is 4. The summed E-state index contributed by atoms with van der Waals surface area (Å²) in [5.41, 5.74) is 1.96. The van der Waals surface area contributed by atoms with Crippen molar-refractivity contribution in [3.8, 4) is 11.3 Å². The van der Waals surface area contributed by atoms with Gasteiger partial charge < -0.3 is 9.88 Å². The first-order valence-electron chi connectivity index (χ1n) is 8.52. The van der Waals surface area contributed by atoms with E-state index in [0.29, 0.717) is 27.2 Å². The molecule has 0 unspecified atom stereocenters. The number of aromatic nitrogens is 3. The topological polar surface area (TPSA) is 76.9 Å². The molecule has 138 valence electrons. The third-order valence-corrected chi connectivity index (χ3v) is 4.66. The Kier molecular flexibility index (Phi) is 4.63. The molecule has 0 aliphatic carbocycles. The summed E-state index contributed by atoms with van der Waals surface area (Å²) in [5.74, 6) is -0.194. The largest absolute Gasteiger partial charge is 0.349 e. The maximum absolute atomic E-state index is 13.0. The fourth-order valence-electron chi connectivity index (χ4n) is 2.89. The van der Waals surface area contributed by atoms with Crippen molar-refractivity contribution in [2.24, 2.45) is 7.05 Å². The molecule has 0 bridgehead atoms. The molecule has 7 heteroatoms. The zero-order valence-electron chi connectivity index (χ0n) is 14.9. The summed E-state index contributed by atoms with van der Waals surface area (Å²) in [6, 6.07) is 17.9. The van der Waals surface area contributed by atoms with E-state index in [0.717, 1.165) is 5.56 Å². The zero-order valence-corrected chi connectivity index (χ0v) is 15.6. The van der Waals surface area contributed by atoms with Gasteiger partial charge in [0.15, 0.2) is 0 Å². The van der Waals surface area contributed by atoms with Crippen LogP contribution in [0.15, 0.2) is 71.7 Å². The number of nitrogens with one attached hydrogen (secondary N) is 1. The van der Waals surface area contributed by atoms with Crippen molar-refractivity contribution < 1.29 is 4.79 Å². The number of fused-ring (bicyclic) bond motifs is 1. The number of carbonyl (C=O) groups excluding carboxylic acids is 1. The zero-order chi connectivity index (χ0) is 19.7. The van der Waals surface area contributed by atoms with Crippen molar-refractivity contribution in [2.75, 3.05) is 5.32 Å². The highest BCUT2D eigenvalue weighted by Gasteiger charge is 2.16. The Balaban J connectivity index is 1.83. The van der Waals surface area contributed by atoms with Crippen LogP contribution in [0.4, 0.5) is 5.82 Å². The van der Waals surface area contributed by atoms with Crippen molar-refractivity contribution in [1.82, 2.24) is 14.5 Å². The lowest BCUT2D eigenvalue weighted by Gasteiger charge is -2.11. The highest BCUT2D eigenvalue weighted by Crippen LogP contribution is 2.30. The van der Waals surface area contributed by atoms with E-state index in [-0.39, 0.29) is 11.7 Å². The molecule has 2 aromatic heterocycles. The summed E-state index contributed by atoms with van der Waals surface area (Å²) in [6.45, 7) is 0. The Morgan fingerprint density at radius 3 is 2.57 bits per heavy atom. The highest BCUT2D eigenvalue weighted by atomic mass is 35.5. The molecule has 0 fully saturated rings. The molecule has 0 atom stereocenters. The summed E-state index contributed by atoms with van der Waals surface area (Å²) < 4.78 is 1.33. The van der Waals surface area contributed by atoms with E-state index in [9.17, 15) is 9.59 Å². The molecule has 0 spiro atoms. The van der Waals surface area contributed by atoms with Gasteiger partial charge in [-0.25, -0.2) is 9.78 Å². The molecule has 0 radical (unpaired) electrons. The molecule has 1 N–H and O–H groups in total. The van der Waals surface area contributed by atoms with Crippen LogP contribution >= 0.6 is 11.6 Å². The van der Waals surface area contributed by atoms with Crippen LogP contribution in [0.5, 0.6) is 0 Å². The standard InChI is InChI=1S/C21H15ClN4O2/c1-26-11-10-19(25-21(26)28)24-20(27)15-12-18(14-7-2-4-8-16(14)22)23-17-9-5-3-6-13(15)17/h2-12H,1H3,(H,24,25,27,28). The van der Waals surface area contributed by atoms with Gasteiger partial charge in [0.25, 0.3) is 5.91 Å². The molecular formula is C21H15ClN4O2. The Hall–Kier alpha value is -3.51. The maximum Gasteiger partial charge on any atom is 0.349 e. The van der Waals surface area contributed by atoms with Crippen LogP contribution in [-0.4, -0.2) is 20.4 Å². The molecule has 0 saturated heterocycles. The second kappa shape index (κ2) is 7.25. The van der Waals surface area contributed by atoms with Gasteiger partial charge in [-0.15, -0.1) is 0 Å². The molecule has 1 amide bonds. The van der Waals surface area contributed by atoms with Crippen molar-refractivity contribution in [3.05, 3.63) is 87.9 Å². The smallest absolute Gasteiger partial charge is 0.306 e. The number of benzene rings is 2. The normalized spacial score (nSPS) is 10.8. The van der Waals surface area contributed by atoms with Gasteiger partial charge >= 0.3 is 5.69 Å².